The first kappa shape index (κ1) is 27.7. The number of aromatic nitrogens is 2. The van der Waals surface area contributed by atoms with Gasteiger partial charge in [-0.2, -0.15) is 4.98 Å². The molecular weight excluding hydrogens is 458 g/mol. The summed E-state index contributed by atoms with van der Waals surface area (Å²) in [6, 6.07) is -0.649. The fraction of sp³-hybridized carbons (Fsp3) is 0.667. The predicted molar refractivity (Wildman–Crippen MR) is 132 cm³/mol. The Labute approximate surface area is 207 Å². The Morgan fingerprint density at radius 2 is 2.09 bits per heavy atom. The standard InChI is InChI=1S/C24H36ClN5O4/c1-16(30(5)23(32)34-24(2,3)4)21(31)28-19-9-7-8-17(14-19)10-11-18-15-27-22(25)29-20(18)26-12-13-33-6/h15-17,19H,7-9,12-14H2,1-6H3,(H,28,31)(H,26,27,29)/t16-,17-,19-/m0/s1. The van der Waals surface area contributed by atoms with Crippen LogP contribution >= 0.6 is 11.6 Å². The molecule has 0 bridgehead atoms. The van der Waals surface area contributed by atoms with Crippen LogP contribution in [-0.2, 0) is 14.3 Å². The summed E-state index contributed by atoms with van der Waals surface area (Å²) >= 11 is 5.93. The molecule has 1 heterocycles. The molecule has 9 nitrogen and oxygen atoms in total. The van der Waals surface area contributed by atoms with Crippen molar-refractivity contribution in [2.45, 2.75) is 71.1 Å². The van der Waals surface area contributed by atoms with Gasteiger partial charge in [-0.1, -0.05) is 18.3 Å². The number of ether oxygens (including phenoxy) is 2. The summed E-state index contributed by atoms with van der Waals surface area (Å²) in [5, 5.41) is 6.38. The molecule has 1 aromatic rings. The van der Waals surface area contributed by atoms with Gasteiger partial charge in [-0.15, -0.1) is 0 Å². The topological polar surface area (TPSA) is 106 Å². The number of halogens is 1. The molecule has 0 unspecified atom stereocenters. The molecule has 188 valence electrons. The van der Waals surface area contributed by atoms with Crippen LogP contribution in [0, 0.1) is 17.8 Å². The van der Waals surface area contributed by atoms with Crippen molar-refractivity contribution in [2.24, 2.45) is 5.92 Å². The van der Waals surface area contributed by atoms with Gasteiger partial charge in [-0.25, -0.2) is 9.78 Å². The number of anilines is 1. The van der Waals surface area contributed by atoms with Crippen molar-refractivity contribution in [3.05, 3.63) is 17.0 Å². The van der Waals surface area contributed by atoms with E-state index in [1.807, 2.05) is 0 Å². The van der Waals surface area contributed by atoms with Gasteiger partial charge in [0.2, 0.25) is 11.2 Å². The Kier molecular flexibility index (Phi) is 10.4. The van der Waals surface area contributed by atoms with E-state index in [1.54, 1.807) is 48.0 Å². The monoisotopic (exact) mass is 493 g/mol. The molecule has 3 atom stereocenters. The molecule has 0 aliphatic heterocycles. The van der Waals surface area contributed by atoms with E-state index in [9.17, 15) is 9.59 Å². The average molecular weight is 494 g/mol. The van der Waals surface area contributed by atoms with E-state index in [1.165, 1.54) is 4.90 Å². The highest BCUT2D eigenvalue weighted by Crippen LogP contribution is 2.24. The average Bonchev–Trinajstić information content (AvgIpc) is 2.76. The van der Waals surface area contributed by atoms with Gasteiger partial charge >= 0.3 is 6.09 Å². The van der Waals surface area contributed by atoms with Crippen molar-refractivity contribution < 1.29 is 19.1 Å². The lowest BCUT2D eigenvalue weighted by molar-refractivity contribution is -0.126. The Balaban J connectivity index is 1.97. The summed E-state index contributed by atoms with van der Waals surface area (Å²) in [6.07, 6.45) is 4.60. The lowest BCUT2D eigenvalue weighted by Crippen LogP contribution is -2.50. The van der Waals surface area contributed by atoms with Gasteiger partial charge in [0.1, 0.15) is 17.5 Å². The summed E-state index contributed by atoms with van der Waals surface area (Å²) in [6.45, 7) is 8.18. The number of carbonyl (C=O) groups is 2. The van der Waals surface area contributed by atoms with Crippen LogP contribution in [0.5, 0.6) is 0 Å². The Morgan fingerprint density at radius 1 is 1.35 bits per heavy atom. The minimum absolute atomic E-state index is 0.00389. The largest absolute Gasteiger partial charge is 0.444 e. The molecule has 1 saturated carbocycles. The summed E-state index contributed by atoms with van der Waals surface area (Å²) in [4.78, 5) is 34.6. The number of nitrogens with zero attached hydrogens (tertiary/aromatic N) is 3. The highest BCUT2D eigenvalue weighted by atomic mass is 35.5. The van der Waals surface area contributed by atoms with E-state index in [-0.39, 0.29) is 23.2 Å². The Bertz CT molecular complexity index is 909. The van der Waals surface area contributed by atoms with E-state index in [0.717, 1.165) is 25.7 Å². The van der Waals surface area contributed by atoms with E-state index in [4.69, 9.17) is 21.1 Å². The number of rotatable bonds is 7. The highest BCUT2D eigenvalue weighted by molar-refractivity contribution is 6.28. The molecule has 2 amide bonds. The zero-order chi connectivity index (χ0) is 25.3. The predicted octanol–water partition coefficient (Wildman–Crippen LogP) is 3.47. The van der Waals surface area contributed by atoms with Gasteiger partial charge in [0, 0.05) is 38.9 Å². The van der Waals surface area contributed by atoms with Gasteiger partial charge in [-0.05, 0) is 58.6 Å². The summed E-state index contributed by atoms with van der Waals surface area (Å²) < 4.78 is 10.4. The van der Waals surface area contributed by atoms with E-state index in [2.05, 4.69) is 32.4 Å². The quantitative estimate of drug-likeness (QED) is 0.340. The SMILES string of the molecule is COCCNc1nc(Cl)ncc1C#C[C@@H]1CCC[C@H](NC(=O)[C@H](C)N(C)C(=O)OC(C)(C)C)C1. The second kappa shape index (κ2) is 12.8. The number of hydrogen-bond acceptors (Lipinski definition) is 7. The van der Waals surface area contributed by atoms with E-state index >= 15 is 0 Å². The first-order valence-electron chi connectivity index (χ1n) is 11.5. The van der Waals surface area contributed by atoms with Gasteiger partial charge < -0.3 is 20.1 Å². The smallest absolute Gasteiger partial charge is 0.410 e. The second-order valence-corrected chi connectivity index (χ2v) is 9.76. The lowest BCUT2D eigenvalue weighted by atomic mass is 9.86. The third-order valence-electron chi connectivity index (χ3n) is 5.43. The Morgan fingerprint density at radius 3 is 2.76 bits per heavy atom. The molecule has 0 aromatic carbocycles. The van der Waals surface area contributed by atoms with Crippen molar-refractivity contribution >= 4 is 29.4 Å². The fourth-order valence-corrected chi connectivity index (χ4v) is 3.61. The molecule has 10 heteroatoms. The van der Waals surface area contributed by atoms with Crippen LogP contribution < -0.4 is 10.6 Å². The molecule has 1 aliphatic carbocycles. The lowest BCUT2D eigenvalue weighted by Gasteiger charge is -2.31. The molecule has 1 aliphatic rings. The van der Waals surface area contributed by atoms with Crippen LogP contribution in [-0.4, -0.2) is 71.9 Å². The molecule has 34 heavy (non-hydrogen) atoms. The van der Waals surface area contributed by atoms with Crippen LogP contribution in [0.25, 0.3) is 0 Å². The van der Waals surface area contributed by atoms with Gasteiger partial charge in [0.05, 0.1) is 12.2 Å². The van der Waals surface area contributed by atoms with Crippen LogP contribution in [0.4, 0.5) is 10.6 Å². The third-order valence-corrected chi connectivity index (χ3v) is 5.61. The number of methoxy groups -OCH3 is 1. The number of nitrogens with one attached hydrogen (secondary N) is 2. The highest BCUT2D eigenvalue weighted by Gasteiger charge is 2.29. The first-order chi connectivity index (χ1) is 16.0. The van der Waals surface area contributed by atoms with Crippen molar-refractivity contribution in [3.63, 3.8) is 0 Å². The fourth-order valence-electron chi connectivity index (χ4n) is 3.48. The molecule has 0 spiro atoms. The summed E-state index contributed by atoms with van der Waals surface area (Å²) in [7, 11) is 3.20. The molecule has 1 aromatic heterocycles. The van der Waals surface area contributed by atoms with Crippen molar-refractivity contribution in [3.8, 4) is 11.8 Å². The zero-order valence-electron chi connectivity index (χ0n) is 20.9. The van der Waals surface area contributed by atoms with Crippen LogP contribution in [0.15, 0.2) is 6.20 Å². The van der Waals surface area contributed by atoms with E-state index < -0.39 is 17.7 Å². The summed E-state index contributed by atoms with van der Waals surface area (Å²) in [5.41, 5.74) is 0.0460. The number of amides is 2. The molecule has 0 radical (unpaired) electrons. The molecule has 0 saturated heterocycles. The minimum Gasteiger partial charge on any atom is -0.444 e. The number of carbonyl (C=O) groups excluding carboxylic acids is 2. The Hall–Kier alpha value is -2.57. The van der Waals surface area contributed by atoms with Crippen molar-refractivity contribution in [2.75, 3.05) is 32.6 Å². The van der Waals surface area contributed by atoms with Crippen LogP contribution in [0.2, 0.25) is 5.28 Å². The van der Waals surface area contributed by atoms with Gasteiger partial charge in [0.15, 0.2) is 0 Å². The molecule has 2 rings (SSSR count). The van der Waals surface area contributed by atoms with Gasteiger partial charge in [-0.3, -0.25) is 9.69 Å². The van der Waals surface area contributed by atoms with Crippen molar-refractivity contribution in [1.82, 2.24) is 20.2 Å². The molecule has 2 N–H and O–H groups in total. The third kappa shape index (κ3) is 8.99. The van der Waals surface area contributed by atoms with Gasteiger partial charge in [0.25, 0.3) is 0 Å². The summed E-state index contributed by atoms with van der Waals surface area (Å²) in [5.74, 6) is 6.97. The first-order valence-corrected chi connectivity index (χ1v) is 11.9. The van der Waals surface area contributed by atoms with Crippen LogP contribution in [0.3, 0.4) is 0 Å². The second-order valence-electron chi connectivity index (χ2n) is 9.43. The number of hydrogen-bond donors (Lipinski definition) is 2. The minimum atomic E-state index is -0.645. The zero-order valence-corrected chi connectivity index (χ0v) is 21.7. The molecular formula is C24H36ClN5O4. The maximum absolute atomic E-state index is 12.8. The molecule has 1 fully saturated rings. The normalized spacial score (nSPS) is 18.8. The maximum Gasteiger partial charge on any atom is 0.410 e. The van der Waals surface area contributed by atoms with Crippen molar-refractivity contribution in [1.29, 1.82) is 0 Å². The number of likely N-dealkylation sites (N-methyl/N-ethyl adjacent to an activating group) is 1. The van der Waals surface area contributed by atoms with Crippen LogP contribution in [0.1, 0.15) is 58.9 Å². The van der Waals surface area contributed by atoms with E-state index in [0.29, 0.717) is 24.5 Å². The maximum atomic E-state index is 12.8.